The first-order chi connectivity index (χ1) is 8.61. The van der Waals surface area contributed by atoms with Crippen molar-refractivity contribution in [1.82, 2.24) is 0 Å². The molecule has 0 aliphatic rings. The van der Waals surface area contributed by atoms with Crippen LogP contribution < -0.4 is 4.74 Å². The van der Waals surface area contributed by atoms with Gasteiger partial charge in [-0.2, -0.15) is 0 Å². The normalized spacial score (nSPS) is 12.4. The van der Waals surface area contributed by atoms with Crippen LogP contribution in [-0.4, -0.2) is 6.61 Å². The molecule has 96 valence electrons. The van der Waals surface area contributed by atoms with Crippen molar-refractivity contribution in [2.24, 2.45) is 0 Å². The van der Waals surface area contributed by atoms with Crippen molar-refractivity contribution in [3.8, 4) is 5.75 Å². The molecule has 4 heteroatoms. The summed E-state index contributed by atoms with van der Waals surface area (Å²) in [4.78, 5) is 0.127. The zero-order valence-corrected chi connectivity index (χ0v) is 13.4. The number of benzene rings is 1. The molecule has 2 aromatic rings. The van der Waals surface area contributed by atoms with Crippen molar-refractivity contribution >= 4 is 31.9 Å². The molecule has 0 fully saturated rings. The van der Waals surface area contributed by atoms with Crippen molar-refractivity contribution in [2.75, 3.05) is 6.61 Å². The number of hydrogen-bond acceptors (Lipinski definition) is 2. The summed E-state index contributed by atoms with van der Waals surface area (Å²) in [7, 11) is 0. The van der Waals surface area contributed by atoms with Gasteiger partial charge in [0.1, 0.15) is 11.5 Å². The van der Waals surface area contributed by atoms with Gasteiger partial charge in [-0.25, -0.2) is 0 Å². The number of ether oxygens (including phenoxy) is 1. The van der Waals surface area contributed by atoms with Gasteiger partial charge in [-0.3, -0.25) is 0 Å². The van der Waals surface area contributed by atoms with Gasteiger partial charge >= 0.3 is 0 Å². The summed E-state index contributed by atoms with van der Waals surface area (Å²) in [6.07, 6.45) is 1.78. The molecule has 0 bridgehead atoms. The Morgan fingerprint density at radius 2 is 2.06 bits per heavy atom. The maximum absolute atomic E-state index is 5.50. The molecular weight excluding hydrogens is 360 g/mol. The summed E-state index contributed by atoms with van der Waals surface area (Å²) in [5.41, 5.74) is 2.27. The summed E-state index contributed by atoms with van der Waals surface area (Å²) in [5, 5.41) is 0. The van der Waals surface area contributed by atoms with Gasteiger partial charge in [0, 0.05) is 5.56 Å². The van der Waals surface area contributed by atoms with Crippen LogP contribution >= 0.6 is 31.9 Å². The Hall–Kier alpha value is -0.740. The van der Waals surface area contributed by atoms with Crippen molar-refractivity contribution in [1.29, 1.82) is 0 Å². The van der Waals surface area contributed by atoms with E-state index in [4.69, 9.17) is 9.15 Å². The summed E-state index contributed by atoms with van der Waals surface area (Å²) in [6, 6.07) is 8.12. The van der Waals surface area contributed by atoms with Crippen LogP contribution in [0.1, 0.15) is 28.6 Å². The fourth-order valence-electron chi connectivity index (χ4n) is 1.74. The van der Waals surface area contributed by atoms with Crippen LogP contribution in [0.3, 0.4) is 0 Å². The van der Waals surface area contributed by atoms with Crippen molar-refractivity contribution in [3.63, 3.8) is 0 Å². The molecule has 0 spiro atoms. The number of hydrogen-bond donors (Lipinski definition) is 0. The van der Waals surface area contributed by atoms with Crippen LogP contribution in [0.5, 0.6) is 5.75 Å². The second-order valence-electron chi connectivity index (χ2n) is 3.98. The topological polar surface area (TPSA) is 22.4 Å². The first-order valence-corrected chi connectivity index (χ1v) is 7.44. The van der Waals surface area contributed by atoms with E-state index in [1.165, 1.54) is 0 Å². The van der Waals surface area contributed by atoms with E-state index in [-0.39, 0.29) is 4.83 Å². The van der Waals surface area contributed by atoms with Crippen LogP contribution in [0.25, 0.3) is 0 Å². The number of halogens is 2. The van der Waals surface area contributed by atoms with Gasteiger partial charge < -0.3 is 9.15 Å². The van der Waals surface area contributed by atoms with Crippen molar-refractivity contribution < 1.29 is 9.15 Å². The first-order valence-electron chi connectivity index (χ1n) is 5.73. The van der Waals surface area contributed by atoms with Crippen molar-refractivity contribution in [3.05, 3.63) is 51.9 Å². The first kappa shape index (κ1) is 13.7. The third kappa shape index (κ3) is 2.98. The van der Waals surface area contributed by atoms with Gasteiger partial charge in [0.2, 0.25) is 0 Å². The number of aryl methyl sites for hydroxylation is 1. The van der Waals surface area contributed by atoms with Crippen LogP contribution in [0, 0.1) is 6.92 Å². The Bertz CT molecular complexity index is 534. The zero-order valence-electron chi connectivity index (χ0n) is 10.2. The van der Waals surface area contributed by atoms with Crippen LogP contribution in [-0.2, 0) is 0 Å². The fourth-order valence-corrected chi connectivity index (χ4v) is 2.77. The Morgan fingerprint density at radius 3 is 2.61 bits per heavy atom. The second-order valence-corrected chi connectivity index (χ2v) is 5.75. The molecular formula is C14H14Br2O2. The van der Waals surface area contributed by atoms with Gasteiger partial charge in [0.25, 0.3) is 0 Å². The number of furan rings is 1. The molecule has 0 N–H and O–H groups in total. The molecule has 2 nitrogen and oxygen atoms in total. The predicted molar refractivity (Wildman–Crippen MR) is 79.5 cm³/mol. The maximum Gasteiger partial charge on any atom is 0.133 e. The summed E-state index contributed by atoms with van der Waals surface area (Å²) < 4.78 is 11.8. The van der Waals surface area contributed by atoms with Crippen LogP contribution in [0.2, 0.25) is 0 Å². The molecule has 18 heavy (non-hydrogen) atoms. The Kier molecular flexibility index (Phi) is 4.51. The van der Waals surface area contributed by atoms with E-state index in [9.17, 15) is 0 Å². The van der Waals surface area contributed by atoms with E-state index in [2.05, 4.69) is 44.0 Å². The minimum Gasteiger partial charge on any atom is -0.493 e. The zero-order chi connectivity index (χ0) is 13.1. The Morgan fingerprint density at radius 1 is 1.28 bits per heavy atom. The minimum atomic E-state index is 0.127. The SMILES string of the molecule is CCOc1ccc(C(Br)c2coc(C)c2)cc1Br. The van der Waals surface area contributed by atoms with Gasteiger partial charge in [-0.05, 0) is 53.5 Å². The third-order valence-electron chi connectivity index (χ3n) is 2.59. The molecule has 1 aromatic carbocycles. The van der Waals surface area contributed by atoms with Gasteiger partial charge in [0.05, 0.1) is 22.2 Å². The molecule has 1 heterocycles. The van der Waals surface area contributed by atoms with E-state index in [1.807, 2.05) is 26.0 Å². The fraction of sp³-hybridized carbons (Fsp3) is 0.286. The maximum atomic E-state index is 5.50. The summed E-state index contributed by atoms with van der Waals surface area (Å²) >= 11 is 7.21. The van der Waals surface area contributed by atoms with Gasteiger partial charge in [-0.15, -0.1) is 0 Å². The van der Waals surface area contributed by atoms with Crippen molar-refractivity contribution in [2.45, 2.75) is 18.7 Å². The predicted octanol–water partition coefficient (Wildman–Crippen LogP) is 5.23. The molecule has 1 unspecified atom stereocenters. The highest BCUT2D eigenvalue weighted by atomic mass is 79.9. The lowest BCUT2D eigenvalue weighted by atomic mass is 10.1. The lowest BCUT2D eigenvalue weighted by Gasteiger charge is -2.11. The number of rotatable bonds is 4. The van der Waals surface area contributed by atoms with E-state index in [1.54, 1.807) is 6.26 Å². The molecule has 0 aliphatic heterocycles. The van der Waals surface area contributed by atoms with Crippen LogP contribution in [0.15, 0.2) is 39.4 Å². The average Bonchev–Trinajstić information content (AvgIpc) is 2.78. The summed E-state index contributed by atoms with van der Waals surface area (Å²) in [5.74, 6) is 1.78. The Balaban J connectivity index is 2.26. The molecule has 0 aliphatic carbocycles. The molecule has 1 aromatic heterocycles. The van der Waals surface area contributed by atoms with E-state index < -0.39 is 0 Å². The molecule has 0 amide bonds. The highest BCUT2D eigenvalue weighted by molar-refractivity contribution is 9.10. The van der Waals surface area contributed by atoms with Crippen LogP contribution in [0.4, 0.5) is 0 Å². The molecule has 0 saturated carbocycles. The molecule has 0 saturated heterocycles. The minimum absolute atomic E-state index is 0.127. The lowest BCUT2D eigenvalue weighted by molar-refractivity contribution is 0.338. The molecule has 0 radical (unpaired) electrons. The number of alkyl halides is 1. The smallest absolute Gasteiger partial charge is 0.133 e. The Labute approximate surface area is 124 Å². The second kappa shape index (κ2) is 5.93. The lowest BCUT2D eigenvalue weighted by Crippen LogP contribution is -1.95. The largest absolute Gasteiger partial charge is 0.493 e. The third-order valence-corrected chi connectivity index (χ3v) is 4.27. The highest BCUT2D eigenvalue weighted by Gasteiger charge is 2.14. The van der Waals surface area contributed by atoms with E-state index in [0.29, 0.717) is 6.61 Å². The van der Waals surface area contributed by atoms with Gasteiger partial charge in [-0.1, -0.05) is 22.0 Å². The molecule has 1 atom stereocenters. The average molecular weight is 374 g/mol. The molecule has 2 rings (SSSR count). The monoisotopic (exact) mass is 372 g/mol. The standard InChI is InChI=1S/C14H14Br2O2/c1-3-17-13-5-4-10(7-12(13)15)14(16)11-6-9(2)18-8-11/h4-8,14H,3H2,1-2H3. The van der Waals surface area contributed by atoms with E-state index in [0.717, 1.165) is 27.1 Å². The summed E-state index contributed by atoms with van der Waals surface area (Å²) in [6.45, 7) is 4.58. The highest BCUT2D eigenvalue weighted by Crippen LogP contribution is 2.36. The quantitative estimate of drug-likeness (QED) is 0.684. The van der Waals surface area contributed by atoms with Gasteiger partial charge in [0.15, 0.2) is 0 Å². The van der Waals surface area contributed by atoms with E-state index >= 15 is 0 Å².